The lowest BCUT2D eigenvalue weighted by atomic mass is 10.1. The number of aromatic amines is 1. The van der Waals surface area contributed by atoms with Crippen LogP contribution in [0.25, 0.3) is 11.0 Å². The van der Waals surface area contributed by atoms with Crippen LogP contribution < -0.4 is 0 Å². The van der Waals surface area contributed by atoms with Crippen LogP contribution in [-0.4, -0.2) is 33.6 Å². The minimum Gasteiger partial charge on any atom is -0.338 e. The molecule has 0 spiro atoms. The molecule has 0 aliphatic carbocycles. The number of carbonyl (C=O) groups excluding carboxylic acids is 1. The third-order valence-electron chi connectivity index (χ3n) is 4.03. The van der Waals surface area contributed by atoms with Gasteiger partial charge in [-0.1, -0.05) is 36.0 Å². The van der Waals surface area contributed by atoms with Gasteiger partial charge in [0.15, 0.2) is 5.16 Å². The summed E-state index contributed by atoms with van der Waals surface area (Å²) in [7, 11) is 1.76. The van der Waals surface area contributed by atoms with Crippen LogP contribution in [0.5, 0.6) is 0 Å². The van der Waals surface area contributed by atoms with Crippen LogP contribution in [0.4, 0.5) is 4.39 Å². The van der Waals surface area contributed by atoms with Gasteiger partial charge in [-0.25, -0.2) is 9.37 Å². The molecular weight excluding hydrogens is 325 g/mol. The van der Waals surface area contributed by atoms with E-state index in [2.05, 4.69) is 9.97 Å². The van der Waals surface area contributed by atoms with E-state index in [1.54, 1.807) is 24.1 Å². The molecule has 1 unspecified atom stereocenters. The Labute approximate surface area is 144 Å². The van der Waals surface area contributed by atoms with Crippen LogP contribution in [0.1, 0.15) is 18.5 Å². The number of hydrogen-bond acceptors (Lipinski definition) is 3. The second kappa shape index (κ2) is 7.05. The first-order chi connectivity index (χ1) is 11.5. The zero-order valence-electron chi connectivity index (χ0n) is 13.5. The van der Waals surface area contributed by atoms with Gasteiger partial charge in [-0.05, 0) is 36.8 Å². The lowest BCUT2D eigenvalue weighted by molar-refractivity contribution is -0.128. The lowest BCUT2D eigenvalue weighted by Crippen LogP contribution is -2.31. The summed E-state index contributed by atoms with van der Waals surface area (Å²) in [6.45, 7) is 1.93. The minimum atomic E-state index is -0.277. The van der Waals surface area contributed by atoms with E-state index in [0.29, 0.717) is 5.75 Å². The Morgan fingerprint density at radius 2 is 1.96 bits per heavy atom. The predicted molar refractivity (Wildman–Crippen MR) is 94.4 cm³/mol. The Hall–Kier alpha value is -2.34. The average molecular weight is 343 g/mol. The van der Waals surface area contributed by atoms with Gasteiger partial charge in [0.2, 0.25) is 5.91 Å². The fourth-order valence-corrected chi connectivity index (χ4v) is 3.22. The number of para-hydroxylation sites is 2. The SMILES string of the molecule is CC(c1ccc(F)cc1)N(C)C(=O)CSc1nc2ccccc2[nH]1. The summed E-state index contributed by atoms with van der Waals surface area (Å²) in [4.78, 5) is 21.7. The van der Waals surface area contributed by atoms with Crippen molar-refractivity contribution in [3.05, 3.63) is 59.9 Å². The maximum atomic E-state index is 13.0. The summed E-state index contributed by atoms with van der Waals surface area (Å²) in [5.41, 5.74) is 2.75. The topological polar surface area (TPSA) is 49.0 Å². The quantitative estimate of drug-likeness (QED) is 0.712. The van der Waals surface area contributed by atoms with Gasteiger partial charge in [0.25, 0.3) is 0 Å². The number of nitrogens with zero attached hydrogens (tertiary/aromatic N) is 2. The second-order valence-electron chi connectivity index (χ2n) is 5.58. The van der Waals surface area contributed by atoms with Crippen molar-refractivity contribution in [2.75, 3.05) is 12.8 Å². The second-order valence-corrected chi connectivity index (χ2v) is 6.54. The molecule has 0 bridgehead atoms. The largest absolute Gasteiger partial charge is 0.338 e. The summed E-state index contributed by atoms with van der Waals surface area (Å²) in [5.74, 6) is 0.0136. The Kier molecular flexibility index (Phi) is 4.85. The van der Waals surface area contributed by atoms with Crippen molar-refractivity contribution >= 4 is 28.7 Å². The highest BCUT2D eigenvalue weighted by molar-refractivity contribution is 7.99. The monoisotopic (exact) mass is 343 g/mol. The number of amides is 1. The number of nitrogens with one attached hydrogen (secondary N) is 1. The molecule has 2 aromatic carbocycles. The first-order valence-electron chi connectivity index (χ1n) is 7.63. The first kappa shape index (κ1) is 16.5. The van der Waals surface area contributed by atoms with Crippen LogP contribution in [-0.2, 0) is 4.79 Å². The molecule has 1 heterocycles. The van der Waals surface area contributed by atoms with Gasteiger partial charge in [-0.3, -0.25) is 4.79 Å². The van der Waals surface area contributed by atoms with Crippen molar-refractivity contribution in [3.63, 3.8) is 0 Å². The Morgan fingerprint density at radius 1 is 1.25 bits per heavy atom. The fraction of sp³-hybridized carbons (Fsp3) is 0.222. The van der Waals surface area contributed by atoms with Crippen molar-refractivity contribution in [1.29, 1.82) is 0 Å². The minimum absolute atomic E-state index is 0.00252. The fourth-order valence-electron chi connectivity index (χ4n) is 2.41. The smallest absolute Gasteiger partial charge is 0.233 e. The molecule has 24 heavy (non-hydrogen) atoms. The van der Waals surface area contributed by atoms with Gasteiger partial charge in [0.1, 0.15) is 5.82 Å². The number of hydrogen-bond donors (Lipinski definition) is 1. The Balaban J connectivity index is 1.62. The number of fused-ring (bicyclic) bond motifs is 1. The van der Waals surface area contributed by atoms with Gasteiger partial charge >= 0.3 is 0 Å². The van der Waals surface area contributed by atoms with E-state index in [1.807, 2.05) is 31.2 Å². The standard InChI is InChI=1S/C18H18FN3OS/c1-12(13-7-9-14(19)10-8-13)22(2)17(23)11-24-18-20-15-5-3-4-6-16(15)21-18/h3-10,12H,11H2,1-2H3,(H,20,21). The van der Waals surface area contributed by atoms with E-state index in [1.165, 1.54) is 23.9 Å². The number of H-pyrrole nitrogens is 1. The third-order valence-corrected chi connectivity index (χ3v) is 4.88. The van der Waals surface area contributed by atoms with Crippen molar-refractivity contribution in [2.24, 2.45) is 0 Å². The molecule has 0 saturated heterocycles. The summed E-state index contributed by atoms with van der Waals surface area (Å²) in [6, 6.07) is 13.9. The van der Waals surface area contributed by atoms with Crippen molar-refractivity contribution in [2.45, 2.75) is 18.1 Å². The molecule has 1 aromatic heterocycles. The van der Waals surface area contributed by atoms with E-state index in [-0.39, 0.29) is 17.8 Å². The predicted octanol–water partition coefficient (Wildman–Crippen LogP) is 4.01. The highest BCUT2D eigenvalue weighted by atomic mass is 32.2. The number of thioether (sulfide) groups is 1. The molecule has 3 aromatic rings. The maximum absolute atomic E-state index is 13.0. The molecular formula is C18H18FN3OS. The Bertz CT molecular complexity index is 814. The first-order valence-corrected chi connectivity index (χ1v) is 8.62. The number of carbonyl (C=O) groups is 1. The van der Waals surface area contributed by atoms with Crippen molar-refractivity contribution < 1.29 is 9.18 Å². The molecule has 3 rings (SSSR count). The van der Waals surface area contributed by atoms with Crippen LogP contribution in [0.2, 0.25) is 0 Å². The molecule has 0 aliphatic heterocycles. The zero-order chi connectivity index (χ0) is 17.1. The molecule has 1 N–H and O–H groups in total. The molecule has 0 fully saturated rings. The van der Waals surface area contributed by atoms with E-state index in [0.717, 1.165) is 21.8 Å². The Morgan fingerprint density at radius 3 is 2.67 bits per heavy atom. The molecule has 4 nitrogen and oxygen atoms in total. The van der Waals surface area contributed by atoms with E-state index in [9.17, 15) is 9.18 Å². The highest BCUT2D eigenvalue weighted by Gasteiger charge is 2.18. The molecule has 1 amide bonds. The van der Waals surface area contributed by atoms with Crippen molar-refractivity contribution in [3.8, 4) is 0 Å². The van der Waals surface area contributed by atoms with Crippen LogP contribution in [0.3, 0.4) is 0 Å². The molecule has 1 atom stereocenters. The molecule has 0 radical (unpaired) electrons. The van der Waals surface area contributed by atoms with E-state index >= 15 is 0 Å². The number of halogens is 1. The summed E-state index contributed by atoms with van der Waals surface area (Å²) < 4.78 is 13.0. The van der Waals surface area contributed by atoms with Crippen LogP contribution >= 0.6 is 11.8 Å². The van der Waals surface area contributed by atoms with Crippen LogP contribution in [0.15, 0.2) is 53.7 Å². The molecule has 0 aliphatic rings. The summed E-state index contributed by atoms with van der Waals surface area (Å²) in [5, 5.41) is 0.729. The van der Waals surface area contributed by atoms with Crippen LogP contribution in [0, 0.1) is 5.82 Å². The molecule has 124 valence electrons. The van der Waals surface area contributed by atoms with Gasteiger partial charge in [-0.2, -0.15) is 0 Å². The van der Waals surface area contributed by atoms with Gasteiger partial charge in [-0.15, -0.1) is 0 Å². The number of rotatable bonds is 5. The van der Waals surface area contributed by atoms with Crippen molar-refractivity contribution in [1.82, 2.24) is 14.9 Å². The average Bonchev–Trinajstić information content (AvgIpc) is 3.02. The van der Waals surface area contributed by atoms with Gasteiger partial charge in [0, 0.05) is 7.05 Å². The van der Waals surface area contributed by atoms with E-state index < -0.39 is 0 Å². The van der Waals surface area contributed by atoms with E-state index in [4.69, 9.17) is 0 Å². The van der Waals surface area contributed by atoms with Gasteiger partial charge < -0.3 is 9.88 Å². The summed E-state index contributed by atoms with van der Waals surface area (Å²) >= 11 is 1.38. The maximum Gasteiger partial charge on any atom is 0.233 e. The normalized spacial score (nSPS) is 12.3. The number of imidazole rings is 1. The molecule has 6 heteroatoms. The number of benzene rings is 2. The van der Waals surface area contributed by atoms with Gasteiger partial charge in [0.05, 0.1) is 22.8 Å². The highest BCUT2D eigenvalue weighted by Crippen LogP contribution is 2.23. The number of aromatic nitrogens is 2. The lowest BCUT2D eigenvalue weighted by Gasteiger charge is -2.25. The third kappa shape index (κ3) is 3.59. The zero-order valence-corrected chi connectivity index (χ0v) is 14.3. The summed E-state index contributed by atoms with van der Waals surface area (Å²) in [6.07, 6.45) is 0. The molecule has 0 saturated carbocycles.